The van der Waals surface area contributed by atoms with Gasteiger partial charge in [-0.25, -0.2) is 0 Å². The summed E-state index contributed by atoms with van der Waals surface area (Å²) in [6, 6.07) is 24.2. The Kier molecular flexibility index (Phi) is 6.00. The smallest absolute Gasteiger partial charge is 0.153 e. The summed E-state index contributed by atoms with van der Waals surface area (Å²) < 4.78 is 5.68. The molecule has 3 aromatic carbocycles. The Balaban J connectivity index is 0.000000276. The second kappa shape index (κ2) is 7.98. The average molecular weight is 365 g/mol. The number of hydrogen-bond donors (Lipinski definition) is 0. The second-order valence-corrected chi connectivity index (χ2v) is 5.19. The number of rotatable bonds is 1. The van der Waals surface area contributed by atoms with Crippen LogP contribution in [-0.4, -0.2) is 0 Å². The zero-order chi connectivity index (χ0) is 15.4. The summed E-state index contributed by atoms with van der Waals surface area (Å²) in [5.41, 5.74) is 1.38. The summed E-state index contributed by atoms with van der Waals surface area (Å²) in [5.74, 6) is 0.579. The Morgan fingerprint density at radius 3 is 2.17 bits per heavy atom. The predicted octanol–water partition coefficient (Wildman–Crippen LogP) is 5.24. The van der Waals surface area contributed by atoms with E-state index in [0.717, 1.165) is 5.56 Å². The molecular formula is C19H13ClFeO2-6. The van der Waals surface area contributed by atoms with Crippen molar-refractivity contribution in [2.75, 3.05) is 0 Å². The van der Waals surface area contributed by atoms with Crippen LogP contribution in [0.5, 0.6) is 0 Å². The van der Waals surface area contributed by atoms with E-state index in [2.05, 4.69) is 0 Å². The Labute approximate surface area is 149 Å². The van der Waals surface area contributed by atoms with E-state index in [1.165, 1.54) is 6.07 Å². The van der Waals surface area contributed by atoms with E-state index in [9.17, 15) is 4.79 Å². The minimum atomic E-state index is -0.0787. The molecule has 1 aromatic heterocycles. The number of benzene rings is 1. The van der Waals surface area contributed by atoms with Gasteiger partial charge >= 0.3 is 0 Å². The first-order valence-electron chi connectivity index (χ1n) is 6.86. The molecule has 0 unspecified atom stereocenters. The molecule has 4 rings (SSSR count). The van der Waals surface area contributed by atoms with Crippen LogP contribution in [0.25, 0.3) is 22.3 Å². The van der Waals surface area contributed by atoms with Crippen LogP contribution in [-0.2, 0) is 17.1 Å². The Hall–Kier alpha value is -2.06. The van der Waals surface area contributed by atoms with Gasteiger partial charge in [0.05, 0.1) is 11.1 Å². The monoisotopic (exact) mass is 364 g/mol. The van der Waals surface area contributed by atoms with Gasteiger partial charge in [0.15, 0.2) is 5.43 Å². The molecule has 4 aromatic rings. The molecule has 4 heteroatoms. The van der Waals surface area contributed by atoms with Crippen molar-refractivity contribution >= 4 is 22.6 Å². The largest absolute Gasteiger partial charge is 0.748 e. The zero-order valence-electron chi connectivity index (χ0n) is 12.1. The number of hydrogen-bond acceptors (Lipinski definition) is 2. The van der Waals surface area contributed by atoms with Crippen LogP contribution in [0.1, 0.15) is 0 Å². The average Bonchev–Trinajstić information content (AvgIpc) is 3.24. The minimum absolute atomic E-state index is 0. The second-order valence-electron chi connectivity index (χ2n) is 4.75. The molecule has 0 aliphatic rings. The van der Waals surface area contributed by atoms with Crippen molar-refractivity contribution in [3.8, 4) is 11.3 Å². The van der Waals surface area contributed by atoms with Gasteiger partial charge in [0, 0.05) is 22.1 Å². The standard InChI is InChI=1S/C14H8ClO2.C5H5.Fe/c15-10-5-6-13-11(7-10)12(16)8-14(17-13)9-3-1-2-4-9;1-2-4-5-3-1;/h1-8H;1-5H;/q-1;-5;. The van der Waals surface area contributed by atoms with Gasteiger partial charge in [0.25, 0.3) is 0 Å². The van der Waals surface area contributed by atoms with E-state index in [-0.39, 0.29) is 22.5 Å². The van der Waals surface area contributed by atoms with Crippen molar-refractivity contribution in [3.05, 3.63) is 94.1 Å². The maximum atomic E-state index is 11.9. The molecule has 0 N–H and O–H groups in total. The summed E-state index contributed by atoms with van der Waals surface area (Å²) in [6.07, 6.45) is 0. The first-order valence-corrected chi connectivity index (χ1v) is 7.24. The Morgan fingerprint density at radius 1 is 0.957 bits per heavy atom. The quantitative estimate of drug-likeness (QED) is 0.342. The van der Waals surface area contributed by atoms with Gasteiger partial charge in [-0.2, -0.15) is 12.1 Å². The summed E-state index contributed by atoms with van der Waals surface area (Å²) in [7, 11) is 0. The van der Waals surface area contributed by atoms with Gasteiger partial charge in [-0.1, -0.05) is 17.2 Å². The van der Waals surface area contributed by atoms with Crippen molar-refractivity contribution in [1.29, 1.82) is 0 Å². The van der Waals surface area contributed by atoms with Crippen LogP contribution in [0.4, 0.5) is 0 Å². The van der Waals surface area contributed by atoms with E-state index in [4.69, 9.17) is 16.0 Å². The molecule has 0 spiro atoms. The molecule has 0 atom stereocenters. The normalized spacial score (nSPS) is 9.78. The summed E-state index contributed by atoms with van der Waals surface area (Å²) in [6.45, 7) is 0. The Morgan fingerprint density at radius 2 is 1.57 bits per heavy atom. The van der Waals surface area contributed by atoms with Crippen LogP contribution in [0.3, 0.4) is 0 Å². The van der Waals surface area contributed by atoms with Gasteiger partial charge in [-0.3, -0.25) is 0 Å². The minimum Gasteiger partial charge on any atom is -0.748 e. The topological polar surface area (TPSA) is 30.2 Å². The summed E-state index contributed by atoms with van der Waals surface area (Å²) in [4.78, 5) is 11.9. The molecule has 0 fully saturated rings. The molecule has 0 aliphatic heterocycles. The fourth-order valence-electron chi connectivity index (χ4n) is 2.13. The van der Waals surface area contributed by atoms with E-state index in [1.807, 2.05) is 54.6 Å². The number of halogens is 1. The molecule has 122 valence electrons. The first kappa shape index (κ1) is 17.3. The van der Waals surface area contributed by atoms with Gasteiger partial charge in [0.2, 0.25) is 0 Å². The van der Waals surface area contributed by atoms with Gasteiger partial charge in [-0.15, -0.1) is 12.1 Å². The van der Waals surface area contributed by atoms with E-state index in [1.54, 1.807) is 18.2 Å². The van der Waals surface area contributed by atoms with Crippen LogP contribution < -0.4 is 5.43 Å². The van der Waals surface area contributed by atoms with Crippen molar-refractivity contribution in [2.24, 2.45) is 0 Å². The molecule has 2 nitrogen and oxygen atoms in total. The molecule has 0 radical (unpaired) electrons. The van der Waals surface area contributed by atoms with Crippen molar-refractivity contribution in [1.82, 2.24) is 0 Å². The third kappa shape index (κ3) is 4.23. The van der Waals surface area contributed by atoms with E-state index < -0.39 is 0 Å². The van der Waals surface area contributed by atoms with Crippen LogP contribution in [0, 0.1) is 0 Å². The van der Waals surface area contributed by atoms with Gasteiger partial charge in [0.1, 0.15) is 5.58 Å². The van der Waals surface area contributed by atoms with Crippen molar-refractivity contribution in [3.63, 3.8) is 0 Å². The zero-order valence-corrected chi connectivity index (χ0v) is 13.9. The van der Waals surface area contributed by atoms with Crippen LogP contribution >= 0.6 is 11.6 Å². The van der Waals surface area contributed by atoms with Gasteiger partial charge < -0.3 is 39.5 Å². The third-order valence-electron chi connectivity index (χ3n) is 3.19. The van der Waals surface area contributed by atoms with Crippen molar-refractivity contribution < 1.29 is 21.5 Å². The maximum absolute atomic E-state index is 11.9. The Bertz CT molecular complexity index is 889. The van der Waals surface area contributed by atoms with Crippen LogP contribution in [0.2, 0.25) is 5.02 Å². The molecule has 0 aliphatic carbocycles. The molecule has 0 amide bonds. The van der Waals surface area contributed by atoms with Crippen LogP contribution in [0.15, 0.2) is 88.1 Å². The van der Waals surface area contributed by atoms with E-state index in [0.29, 0.717) is 21.8 Å². The maximum Gasteiger partial charge on any atom is 0.153 e. The molecule has 0 bridgehead atoms. The fourth-order valence-corrected chi connectivity index (χ4v) is 2.30. The summed E-state index contributed by atoms with van der Waals surface area (Å²) in [5, 5.41) is 1.04. The molecule has 0 saturated heterocycles. The molecule has 1 heterocycles. The fraction of sp³-hybridized carbons (Fsp3) is 0. The van der Waals surface area contributed by atoms with E-state index >= 15 is 0 Å². The van der Waals surface area contributed by atoms with Crippen molar-refractivity contribution in [2.45, 2.75) is 0 Å². The predicted molar refractivity (Wildman–Crippen MR) is 90.6 cm³/mol. The molecular weight excluding hydrogens is 352 g/mol. The first-order chi connectivity index (χ1) is 10.7. The SMILES string of the molecule is O=c1cc(-[c-]2cccc2)oc2ccc(Cl)cc12.[Fe].[cH-]1[cH-][cH-][cH-][cH-]1. The van der Waals surface area contributed by atoms with Gasteiger partial charge in [-0.05, 0) is 24.3 Å². The number of fused-ring (bicyclic) bond motifs is 1. The molecule has 0 saturated carbocycles. The third-order valence-corrected chi connectivity index (χ3v) is 3.43. The summed E-state index contributed by atoms with van der Waals surface area (Å²) >= 11 is 5.85. The molecule has 23 heavy (non-hydrogen) atoms.